The Hall–Kier alpha value is -4.44. The molecule has 0 radical (unpaired) electrons. The lowest BCUT2D eigenvalue weighted by atomic mass is 9.94. The van der Waals surface area contributed by atoms with E-state index in [1.54, 1.807) is 55.8 Å². The second kappa shape index (κ2) is 9.59. The van der Waals surface area contributed by atoms with Gasteiger partial charge < -0.3 is 5.32 Å². The average molecular weight is 452 g/mol. The predicted octanol–water partition coefficient (Wildman–Crippen LogP) is 5.32. The van der Waals surface area contributed by atoms with Gasteiger partial charge >= 0.3 is 0 Å². The number of nitriles is 1. The van der Waals surface area contributed by atoms with Crippen LogP contribution in [-0.2, 0) is 0 Å². The summed E-state index contributed by atoms with van der Waals surface area (Å²) in [6.07, 6.45) is 5.10. The molecule has 0 aliphatic heterocycles. The molecule has 34 heavy (non-hydrogen) atoms. The Morgan fingerprint density at radius 2 is 1.74 bits per heavy atom. The highest BCUT2D eigenvalue weighted by molar-refractivity contribution is 5.97. The first kappa shape index (κ1) is 22.7. The zero-order chi connectivity index (χ0) is 24.2. The van der Waals surface area contributed by atoms with Crippen LogP contribution in [0.3, 0.4) is 0 Å². The van der Waals surface area contributed by atoms with Gasteiger partial charge in [0, 0.05) is 40.8 Å². The van der Waals surface area contributed by atoms with E-state index in [9.17, 15) is 14.4 Å². The van der Waals surface area contributed by atoms with Gasteiger partial charge in [0.1, 0.15) is 17.7 Å². The average Bonchev–Trinajstić information content (AvgIpc) is 2.84. The SMILES string of the molecule is Cc1ccc(-c2cc(C(=O)N[C@H](C)c3cnc(C)nc3)cc(-c3cccc(F)c3C#N)c2)nc1. The Morgan fingerprint density at radius 1 is 1.00 bits per heavy atom. The van der Waals surface area contributed by atoms with Crippen LogP contribution in [0.2, 0.25) is 0 Å². The minimum Gasteiger partial charge on any atom is -0.345 e. The van der Waals surface area contributed by atoms with Crippen molar-refractivity contribution in [3.63, 3.8) is 0 Å². The van der Waals surface area contributed by atoms with Crippen molar-refractivity contribution >= 4 is 5.91 Å². The first-order chi connectivity index (χ1) is 16.4. The van der Waals surface area contributed by atoms with Gasteiger partial charge in [-0.1, -0.05) is 18.2 Å². The van der Waals surface area contributed by atoms with Crippen LogP contribution in [0.5, 0.6) is 0 Å². The van der Waals surface area contributed by atoms with Gasteiger partial charge in [0.05, 0.1) is 17.3 Å². The Labute approximate surface area is 197 Å². The standard InChI is InChI=1S/C27H22FN5O/c1-16-7-8-26(32-13-16)20-9-19(23-5-4-6-25(28)24(23)12-29)10-21(11-20)27(34)33-17(2)22-14-30-18(3)31-15-22/h4-11,13-15,17H,1-3H3,(H,33,34)/t17-/m1/s1. The number of halogens is 1. The molecule has 2 aromatic carbocycles. The fourth-order valence-corrected chi connectivity index (χ4v) is 3.57. The van der Waals surface area contributed by atoms with Gasteiger partial charge in [0.25, 0.3) is 5.91 Å². The van der Waals surface area contributed by atoms with Crippen molar-refractivity contribution in [1.82, 2.24) is 20.3 Å². The minimum atomic E-state index is -0.613. The van der Waals surface area contributed by atoms with Crippen molar-refractivity contribution < 1.29 is 9.18 Å². The maximum Gasteiger partial charge on any atom is 0.251 e. The molecular weight excluding hydrogens is 429 g/mol. The van der Waals surface area contributed by atoms with Crippen LogP contribution in [0.25, 0.3) is 22.4 Å². The van der Waals surface area contributed by atoms with E-state index in [0.717, 1.165) is 11.1 Å². The van der Waals surface area contributed by atoms with Crippen LogP contribution in [0.15, 0.2) is 67.1 Å². The third kappa shape index (κ3) is 4.81. The molecule has 0 bridgehead atoms. The molecule has 0 saturated heterocycles. The highest BCUT2D eigenvalue weighted by Gasteiger charge is 2.17. The quantitative estimate of drug-likeness (QED) is 0.443. The maximum atomic E-state index is 14.3. The molecule has 4 rings (SSSR count). The lowest BCUT2D eigenvalue weighted by molar-refractivity contribution is 0.0940. The van der Waals surface area contributed by atoms with Crippen LogP contribution >= 0.6 is 0 Å². The van der Waals surface area contributed by atoms with Crippen LogP contribution in [-0.4, -0.2) is 20.9 Å². The molecule has 0 saturated carbocycles. The number of benzene rings is 2. The minimum absolute atomic E-state index is 0.0759. The zero-order valence-corrected chi connectivity index (χ0v) is 19.0. The molecule has 7 heteroatoms. The first-order valence-electron chi connectivity index (χ1n) is 10.7. The van der Waals surface area contributed by atoms with Crippen molar-refractivity contribution in [3.8, 4) is 28.5 Å². The molecule has 0 spiro atoms. The molecular formula is C27H22FN5O. The normalized spacial score (nSPS) is 11.5. The molecule has 2 aromatic heterocycles. The fourth-order valence-electron chi connectivity index (χ4n) is 3.57. The lowest BCUT2D eigenvalue weighted by Crippen LogP contribution is -2.27. The summed E-state index contributed by atoms with van der Waals surface area (Å²) in [4.78, 5) is 26.1. The second-order valence-corrected chi connectivity index (χ2v) is 8.05. The van der Waals surface area contributed by atoms with Gasteiger partial charge in [-0.25, -0.2) is 14.4 Å². The monoisotopic (exact) mass is 451 g/mol. The summed E-state index contributed by atoms with van der Waals surface area (Å²) >= 11 is 0. The Morgan fingerprint density at radius 3 is 2.41 bits per heavy atom. The van der Waals surface area contributed by atoms with Gasteiger partial charge in [-0.2, -0.15) is 5.26 Å². The Balaban J connectivity index is 1.78. The summed E-state index contributed by atoms with van der Waals surface area (Å²) in [5.74, 6) is -0.287. The van der Waals surface area contributed by atoms with Crippen molar-refractivity contribution in [2.75, 3.05) is 0 Å². The van der Waals surface area contributed by atoms with E-state index in [2.05, 4.69) is 20.3 Å². The number of hydrogen-bond acceptors (Lipinski definition) is 5. The number of nitrogens with zero attached hydrogens (tertiary/aromatic N) is 4. The van der Waals surface area contributed by atoms with E-state index >= 15 is 0 Å². The topological polar surface area (TPSA) is 91.6 Å². The number of aryl methyl sites for hydroxylation is 2. The highest BCUT2D eigenvalue weighted by Crippen LogP contribution is 2.31. The second-order valence-electron chi connectivity index (χ2n) is 8.05. The summed E-state index contributed by atoms with van der Waals surface area (Å²) in [5.41, 5.74) is 4.36. The summed E-state index contributed by atoms with van der Waals surface area (Å²) in [6.45, 7) is 5.58. The van der Waals surface area contributed by atoms with Crippen molar-refractivity contribution in [3.05, 3.63) is 101 Å². The molecule has 1 atom stereocenters. The van der Waals surface area contributed by atoms with Crippen LogP contribution in [0, 0.1) is 31.0 Å². The number of aromatic nitrogens is 3. The van der Waals surface area contributed by atoms with E-state index in [1.165, 1.54) is 6.07 Å². The molecule has 0 unspecified atom stereocenters. The first-order valence-corrected chi connectivity index (χ1v) is 10.7. The summed E-state index contributed by atoms with van der Waals surface area (Å²) in [7, 11) is 0. The van der Waals surface area contributed by atoms with Gasteiger partial charge in [0.15, 0.2) is 0 Å². The summed E-state index contributed by atoms with van der Waals surface area (Å²) in [6, 6.07) is 15.0. The number of hydrogen-bond donors (Lipinski definition) is 1. The molecule has 1 N–H and O–H groups in total. The van der Waals surface area contributed by atoms with Gasteiger partial charge in [-0.15, -0.1) is 0 Å². The van der Waals surface area contributed by atoms with E-state index in [1.807, 2.05) is 32.0 Å². The highest BCUT2D eigenvalue weighted by atomic mass is 19.1. The molecule has 4 aromatic rings. The molecule has 168 valence electrons. The van der Waals surface area contributed by atoms with Crippen LogP contribution in [0.1, 0.15) is 45.8 Å². The summed E-state index contributed by atoms with van der Waals surface area (Å²) < 4.78 is 14.3. The van der Waals surface area contributed by atoms with Crippen LogP contribution in [0.4, 0.5) is 4.39 Å². The van der Waals surface area contributed by atoms with Crippen molar-refractivity contribution in [2.45, 2.75) is 26.8 Å². The smallest absolute Gasteiger partial charge is 0.251 e. The van der Waals surface area contributed by atoms with Crippen LogP contribution < -0.4 is 5.32 Å². The molecule has 6 nitrogen and oxygen atoms in total. The van der Waals surface area contributed by atoms with E-state index < -0.39 is 5.82 Å². The van der Waals surface area contributed by atoms with E-state index in [4.69, 9.17) is 0 Å². The van der Waals surface area contributed by atoms with Crippen molar-refractivity contribution in [1.29, 1.82) is 5.26 Å². The molecule has 0 aliphatic rings. The molecule has 0 fully saturated rings. The predicted molar refractivity (Wildman–Crippen MR) is 127 cm³/mol. The molecule has 2 heterocycles. The van der Waals surface area contributed by atoms with Gasteiger partial charge in [-0.05, 0) is 62.2 Å². The third-order valence-corrected chi connectivity index (χ3v) is 5.49. The largest absolute Gasteiger partial charge is 0.345 e. The number of nitrogens with one attached hydrogen (secondary N) is 1. The summed E-state index contributed by atoms with van der Waals surface area (Å²) in [5, 5.41) is 12.5. The van der Waals surface area contributed by atoms with Crippen molar-refractivity contribution in [2.24, 2.45) is 0 Å². The lowest BCUT2D eigenvalue weighted by Gasteiger charge is -2.16. The third-order valence-electron chi connectivity index (χ3n) is 5.49. The zero-order valence-electron chi connectivity index (χ0n) is 19.0. The fraction of sp³-hybridized carbons (Fsp3) is 0.148. The van der Waals surface area contributed by atoms with E-state index in [-0.39, 0.29) is 17.5 Å². The number of carbonyl (C=O) groups is 1. The number of rotatable bonds is 5. The number of amides is 1. The molecule has 1 amide bonds. The van der Waals surface area contributed by atoms with Gasteiger partial charge in [-0.3, -0.25) is 9.78 Å². The Bertz CT molecular complexity index is 1390. The Kier molecular flexibility index (Phi) is 6.42. The number of pyridine rings is 1. The van der Waals surface area contributed by atoms with E-state index in [0.29, 0.717) is 33.8 Å². The number of carbonyl (C=O) groups excluding carboxylic acids is 1. The van der Waals surface area contributed by atoms with Gasteiger partial charge in [0.2, 0.25) is 0 Å². The molecule has 0 aliphatic carbocycles. The maximum absolute atomic E-state index is 14.3.